The maximum absolute atomic E-state index is 10.8. The van der Waals surface area contributed by atoms with Crippen LogP contribution in [0.2, 0.25) is 5.02 Å². The Hall–Kier alpha value is -1.06. The van der Waals surface area contributed by atoms with E-state index < -0.39 is 0 Å². The van der Waals surface area contributed by atoms with Crippen LogP contribution in [0.3, 0.4) is 0 Å². The number of benzene rings is 1. The molecule has 1 rings (SSSR count). The molecule has 0 aliphatic rings. The van der Waals surface area contributed by atoms with E-state index in [-0.39, 0.29) is 0 Å². The van der Waals surface area contributed by atoms with Crippen molar-refractivity contribution in [3.05, 3.63) is 28.8 Å². The number of ether oxygens (including phenoxy) is 1. The number of likely N-dealkylation sites (N-methyl/N-ethyl adjacent to an activating group) is 1. The van der Waals surface area contributed by atoms with Crippen LogP contribution in [0.15, 0.2) is 18.2 Å². The van der Waals surface area contributed by atoms with E-state index in [1.807, 2.05) is 0 Å². The van der Waals surface area contributed by atoms with Crippen LogP contribution in [0.5, 0.6) is 5.75 Å². The SMILES string of the molecule is CCN(CC)CCOc1ccc(Cl)cc1C=O. The van der Waals surface area contributed by atoms with Crippen molar-refractivity contribution in [1.29, 1.82) is 0 Å². The summed E-state index contributed by atoms with van der Waals surface area (Å²) in [5.74, 6) is 0.594. The van der Waals surface area contributed by atoms with Gasteiger partial charge in [0.05, 0.1) is 5.56 Å². The molecule has 94 valence electrons. The molecule has 0 aliphatic heterocycles. The number of hydrogen-bond donors (Lipinski definition) is 0. The first-order chi connectivity index (χ1) is 8.21. The average molecular weight is 256 g/mol. The fraction of sp³-hybridized carbons (Fsp3) is 0.462. The Kier molecular flexibility index (Phi) is 6.01. The van der Waals surface area contributed by atoms with Gasteiger partial charge in [-0.3, -0.25) is 4.79 Å². The van der Waals surface area contributed by atoms with Crippen molar-refractivity contribution in [2.45, 2.75) is 13.8 Å². The van der Waals surface area contributed by atoms with Crippen molar-refractivity contribution in [3.63, 3.8) is 0 Å². The summed E-state index contributed by atoms with van der Waals surface area (Å²) in [7, 11) is 0. The molecule has 17 heavy (non-hydrogen) atoms. The van der Waals surface area contributed by atoms with Gasteiger partial charge in [0.25, 0.3) is 0 Å². The summed E-state index contributed by atoms with van der Waals surface area (Å²) >= 11 is 5.80. The molecule has 0 N–H and O–H groups in total. The predicted octanol–water partition coefficient (Wildman–Crippen LogP) is 2.87. The Morgan fingerprint density at radius 1 is 1.35 bits per heavy atom. The van der Waals surface area contributed by atoms with E-state index in [4.69, 9.17) is 16.3 Å². The van der Waals surface area contributed by atoms with Crippen molar-refractivity contribution >= 4 is 17.9 Å². The molecule has 0 aromatic heterocycles. The largest absolute Gasteiger partial charge is 0.492 e. The van der Waals surface area contributed by atoms with Gasteiger partial charge in [-0.05, 0) is 31.3 Å². The highest BCUT2D eigenvalue weighted by molar-refractivity contribution is 6.30. The topological polar surface area (TPSA) is 29.5 Å². The lowest BCUT2D eigenvalue weighted by molar-refractivity contribution is 0.111. The van der Waals surface area contributed by atoms with E-state index in [0.29, 0.717) is 22.9 Å². The fourth-order valence-electron chi connectivity index (χ4n) is 1.57. The maximum Gasteiger partial charge on any atom is 0.153 e. The summed E-state index contributed by atoms with van der Waals surface area (Å²) in [6.45, 7) is 7.66. The standard InChI is InChI=1S/C13H18ClNO2/c1-3-15(4-2)7-8-17-13-6-5-12(14)9-11(13)10-16/h5-6,9-10H,3-4,7-8H2,1-2H3. The molecular formula is C13H18ClNO2. The van der Waals surface area contributed by atoms with Crippen molar-refractivity contribution in [3.8, 4) is 5.75 Å². The molecule has 3 nitrogen and oxygen atoms in total. The summed E-state index contributed by atoms with van der Waals surface area (Å²) in [5.41, 5.74) is 0.497. The third-order valence-corrected chi connectivity index (χ3v) is 2.89. The van der Waals surface area contributed by atoms with Gasteiger partial charge in [0.2, 0.25) is 0 Å². The first-order valence-corrected chi connectivity index (χ1v) is 6.19. The highest BCUT2D eigenvalue weighted by Gasteiger charge is 2.05. The van der Waals surface area contributed by atoms with Gasteiger partial charge in [0, 0.05) is 11.6 Å². The molecule has 0 saturated heterocycles. The van der Waals surface area contributed by atoms with Gasteiger partial charge in [-0.15, -0.1) is 0 Å². The van der Waals surface area contributed by atoms with Crippen LogP contribution in [-0.4, -0.2) is 37.4 Å². The molecule has 0 spiro atoms. The lowest BCUT2D eigenvalue weighted by Gasteiger charge is -2.18. The van der Waals surface area contributed by atoms with Gasteiger partial charge in [0.1, 0.15) is 12.4 Å². The van der Waals surface area contributed by atoms with Crippen LogP contribution in [0.25, 0.3) is 0 Å². The average Bonchev–Trinajstić information content (AvgIpc) is 2.36. The van der Waals surface area contributed by atoms with E-state index in [1.54, 1.807) is 18.2 Å². The van der Waals surface area contributed by atoms with E-state index in [2.05, 4.69) is 18.7 Å². The highest BCUT2D eigenvalue weighted by Crippen LogP contribution is 2.21. The zero-order valence-electron chi connectivity index (χ0n) is 10.3. The minimum Gasteiger partial charge on any atom is -0.492 e. The Labute approximate surface area is 107 Å². The normalized spacial score (nSPS) is 10.6. The maximum atomic E-state index is 10.8. The second-order valence-electron chi connectivity index (χ2n) is 3.68. The number of halogens is 1. The number of carbonyl (C=O) groups excluding carboxylic acids is 1. The fourth-order valence-corrected chi connectivity index (χ4v) is 1.75. The molecule has 0 amide bonds. The van der Waals surface area contributed by atoms with Crippen molar-refractivity contribution in [1.82, 2.24) is 4.90 Å². The van der Waals surface area contributed by atoms with Gasteiger partial charge < -0.3 is 9.64 Å². The van der Waals surface area contributed by atoms with Gasteiger partial charge in [-0.1, -0.05) is 25.4 Å². The van der Waals surface area contributed by atoms with Gasteiger partial charge in [0.15, 0.2) is 6.29 Å². The lowest BCUT2D eigenvalue weighted by atomic mass is 10.2. The zero-order valence-corrected chi connectivity index (χ0v) is 11.0. The molecule has 1 aromatic carbocycles. The molecule has 0 radical (unpaired) electrons. The van der Waals surface area contributed by atoms with Crippen molar-refractivity contribution in [2.24, 2.45) is 0 Å². The number of hydrogen-bond acceptors (Lipinski definition) is 3. The van der Waals surface area contributed by atoms with E-state index in [9.17, 15) is 4.79 Å². The van der Waals surface area contributed by atoms with Crippen molar-refractivity contribution in [2.75, 3.05) is 26.2 Å². The van der Waals surface area contributed by atoms with Gasteiger partial charge in [-0.2, -0.15) is 0 Å². The molecule has 0 fully saturated rings. The minimum atomic E-state index is 0.497. The Morgan fingerprint density at radius 3 is 2.65 bits per heavy atom. The van der Waals surface area contributed by atoms with Crippen LogP contribution in [0.1, 0.15) is 24.2 Å². The summed E-state index contributed by atoms with van der Waals surface area (Å²) < 4.78 is 5.59. The van der Waals surface area contributed by atoms with Gasteiger partial charge >= 0.3 is 0 Å². The predicted molar refractivity (Wildman–Crippen MR) is 70.1 cm³/mol. The van der Waals surface area contributed by atoms with Crippen LogP contribution in [0.4, 0.5) is 0 Å². The molecule has 0 bridgehead atoms. The Bertz CT molecular complexity index is 364. The molecule has 0 saturated carbocycles. The van der Waals surface area contributed by atoms with Crippen molar-refractivity contribution < 1.29 is 9.53 Å². The third kappa shape index (κ3) is 4.36. The number of rotatable bonds is 7. The van der Waals surface area contributed by atoms with E-state index in [0.717, 1.165) is 25.9 Å². The van der Waals surface area contributed by atoms with E-state index >= 15 is 0 Å². The minimum absolute atomic E-state index is 0.497. The summed E-state index contributed by atoms with van der Waals surface area (Å²) in [5, 5.41) is 0.545. The van der Waals surface area contributed by atoms with Crippen LogP contribution in [-0.2, 0) is 0 Å². The molecular weight excluding hydrogens is 238 g/mol. The summed E-state index contributed by atoms with van der Waals surface area (Å²) in [6, 6.07) is 5.07. The summed E-state index contributed by atoms with van der Waals surface area (Å²) in [6.07, 6.45) is 0.763. The Balaban J connectivity index is 2.54. The summed E-state index contributed by atoms with van der Waals surface area (Å²) in [4.78, 5) is 13.1. The number of carbonyl (C=O) groups is 1. The zero-order chi connectivity index (χ0) is 12.7. The van der Waals surface area contributed by atoms with Crippen LogP contribution >= 0.6 is 11.6 Å². The molecule has 0 aliphatic carbocycles. The Morgan fingerprint density at radius 2 is 2.06 bits per heavy atom. The lowest BCUT2D eigenvalue weighted by Crippen LogP contribution is -2.28. The molecule has 1 aromatic rings. The number of nitrogens with zero attached hydrogens (tertiary/aromatic N) is 1. The number of aldehydes is 1. The van der Waals surface area contributed by atoms with Crippen LogP contribution < -0.4 is 4.74 Å². The second kappa shape index (κ2) is 7.30. The molecule has 0 atom stereocenters. The second-order valence-corrected chi connectivity index (χ2v) is 4.11. The van der Waals surface area contributed by atoms with Gasteiger partial charge in [-0.25, -0.2) is 0 Å². The third-order valence-electron chi connectivity index (χ3n) is 2.66. The monoisotopic (exact) mass is 255 g/mol. The first kappa shape index (κ1) is 14.0. The van der Waals surface area contributed by atoms with E-state index in [1.165, 1.54) is 0 Å². The highest BCUT2D eigenvalue weighted by atomic mass is 35.5. The smallest absolute Gasteiger partial charge is 0.153 e. The molecule has 0 heterocycles. The quantitative estimate of drug-likeness (QED) is 0.702. The molecule has 0 unspecified atom stereocenters. The molecule has 4 heteroatoms. The van der Waals surface area contributed by atoms with Crippen LogP contribution in [0, 0.1) is 0 Å². The first-order valence-electron chi connectivity index (χ1n) is 5.81.